The van der Waals surface area contributed by atoms with E-state index in [1.54, 1.807) is 19.4 Å². The predicted octanol–water partition coefficient (Wildman–Crippen LogP) is 1.95. The van der Waals surface area contributed by atoms with Gasteiger partial charge in [-0.1, -0.05) is 12.1 Å². The van der Waals surface area contributed by atoms with Gasteiger partial charge in [-0.15, -0.1) is 0 Å². The molecular weight excluding hydrogens is 354 g/mol. The summed E-state index contributed by atoms with van der Waals surface area (Å²) in [5.74, 6) is 1.45. The first-order valence-electron chi connectivity index (χ1n) is 9.73. The van der Waals surface area contributed by atoms with Gasteiger partial charge in [0.1, 0.15) is 0 Å². The van der Waals surface area contributed by atoms with Crippen LogP contribution in [0, 0.1) is 5.41 Å². The van der Waals surface area contributed by atoms with Crippen molar-refractivity contribution >= 4 is 17.4 Å². The Balaban J connectivity index is 1.30. The van der Waals surface area contributed by atoms with E-state index < -0.39 is 0 Å². The SMILES string of the molecule is COc1ccnc(N2CCC3(CCN(CC4=CCc5ncccc54)C3=O)C2)n1. The van der Waals surface area contributed by atoms with Gasteiger partial charge in [0.05, 0.1) is 18.2 Å². The molecular formula is C21H23N5O2. The number of carbonyl (C=O) groups is 1. The third-order valence-electron chi connectivity index (χ3n) is 6.20. The van der Waals surface area contributed by atoms with Crippen molar-refractivity contribution in [3.05, 3.63) is 47.9 Å². The lowest BCUT2D eigenvalue weighted by Gasteiger charge is -2.24. The van der Waals surface area contributed by atoms with E-state index in [1.807, 2.05) is 17.2 Å². The number of nitrogens with zero attached hydrogens (tertiary/aromatic N) is 5. The van der Waals surface area contributed by atoms with Gasteiger partial charge < -0.3 is 14.5 Å². The Morgan fingerprint density at radius 3 is 2.96 bits per heavy atom. The van der Waals surface area contributed by atoms with Gasteiger partial charge in [0, 0.05) is 56.6 Å². The molecule has 2 fully saturated rings. The predicted molar refractivity (Wildman–Crippen MR) is 105 cm³/mol. The van der Waals surface area contributed by atoms with E-state index in [0.29, 0.717) is 24.9 Å². The molecule has 2 aromatic heterocycles. The van der Waals surface area contributed by atoms with Crippen LogP contribution in [0.3, 0.4) is 0 Å². The molecule has 7 nitrogen and oxygen atoms in total. The average Bonchev–Trinajstić information content (AvgIpc) is 3.43. The van der Waals surface area contributed by atoms with Gasteiger partial charge in [0.2, 0.25) is 17.7 Å². The molecule has 4 heterocycles. The Hall–Kier alpha value is -2.96. The van der Waals surface area contributed by atoms with Crippen LogP contribution in [0.2, 0.25) is 0 Å². The van der Waals surface area contributed by atoms with Gasteiger partial charge in [-0.2, -0.15) is 4.98 Å². The monoisotopic (exact) mass is 377 g/mol. The molecule has 0 saturated carbocycles. The average molecular weight is 377 g/mol. The minimum absolute atomic E-state index is 0.260. The summed E-state index contributed by atoms with van der Waals surface area (Å²) in [4.78, 5) is 30.7. The summed E-state index contributed by atoms with van der Waals surface area (Å²) in [7, 11) is 1.60. The van der Waals surface area contributed by atoms with Crippen LogP contribution in [0.1, 0.15) is 24.1 Å². The van der Waals surface area contributed by atoms with E-state index in [4.69, 9.17) is 4.74 Å². The third kappa shape index (κ3) is 2.73. The number of pyridine rings is 1. The second-order valence-electron chi connectivity index (χ2n) is 7.76. The molecule has 28 heavy (non-hydrogen) atoms. The number of anilines is 1. The van der Waals surface area contributed by atoms with Crippen LogP contribution in [0.5, 0.6) is 5.88 Å². The first kappa shape index (κ1) is 17.2. The molecule has 1 unspecified atom stereocenters. The summed E-state index contributed by atoms with van der Waals surface area (Å²) in [5, 5.41) is 0. The normalized spacial score (nSPS) is 23.5. The van der Waals surface area contributed by atoms with Gasteiger partial charge >= 0.3 is 0 Å². The zero-order chi connectivity index (χ0) is 19.1. The molecule has 1 atom stereocenters. The number of allylic oxidation sites excluding steroid dienone is 1. The number of carbonyl (C=O) groups excluding carboxylic acids is 1. The van der Waals surface area contributed by atoms with Gasteiger partial charge in [0.25, 0.3) is 0 Å². The van der Waals surface area contributed by atoms with Crippen LogP contribution in [0.4, 0.5) is 5.95 Å². The molecule has 0 radical (unpaired) electrons. The Labute approximate surface area is 164 Å². The molecule has 144 valence electrons. The molecule has 7 heteroatoms. The molecule has 2 saturated heterocycles. The van der Waals surface area contributed by atoms with Crippen molar-refractivity contribution < 1.29 is 9.53 Å². The summed E-state index contributed by atoms with van der Waals surface area (Å²) >= 11 is 0. The van der Waals surface area contributed by atoms with E-state index in [1.165, 1.54) is 11.1 Å². The number of hydrogen-bond donors (Lipinski definition) is 0. The minimum Gasteiger partial charge on any atom is -0.481 e. The number of methoxy groups -OCH3 is 1. The highest BCUT2D eigenvalue weighted by Crippen LogP contribution is 2.42. The molecule has 2 aliphatic heterocycles. The highest BCUT2D eigenvalue weighted by atomic mass is 16.5. The maximum atomic E-state index is 13.3. The Bertz CT molecular complexity index is 959. The summed E-state index contributed by atoms with van der Waals surface area (Å²) < 4.78 is 5.21. The fourth-order valence-electron chi connectivity index (χ4n) is 4.64. The van der Waals surface area contributed by atoms with Crippen molar-refractivity contribution in [2.75, 3.05) is 38.2 Å². The summed E-state index contributed by atoms with van der Waals surface area (Å²) in [5.41, 5.74) is 3.21. The van der Waals surface area contributed by atoms with Crippen molar-refractivity contribution in [1.82, 2.24) is 19.9 Å². The highest BCUT2D eigenvalue weighted by Gasteiger charge is 2.51. The van der Waals surface area contributed by atoms with Gasteiger partial charge in [-0.3, -0.25) is 9.78 Å². The zero-order valence-electron chi connectivity index (χ0n) is 16.0. The Morgan fingerprint density at radius 1 is 1.18 bits per heavy atom. The molecule has 1 aliphatic carbocycles. The molecule has 2 aromatic rings. The standard InChI is InChI=1S/C21H23N5O2/c1-28-18-6-10-23-20(24-18)26-12-8-21(14-26)7-11-25(19(21)27)13-15-4-5-17-16(15)3-2-9-22-17/h2-4,6,9-10H,5,7-8,11-14H2,1H3. The number of amides is 1. The van der Waals surface area contributed by atoms with Crippen LogP contribution in [0.25, 0.3) is 5.57 Å². The first-order valence-corrected chi connectivity index (χ1v) is 9.73. The van der Waals surface area contributed by atoms with Crippen LogP contribution in [-0.2, 0) is 11.2 Å². The highest BCUT2D eigenvalue weighted by molar-refractivity contribution is 5.88. The Morgan fingerprint density at radius 2 is 2.07 bits per heavy atom. The maximum Gasteiger partial charge on any atom is 0.231 e. The lowest BCUT2D eigenvalue weighted by molar-refractivity contribution is -0.134. The molecule has 0 aromatic carbocycles. The molecule has 3 aliphatic rings. The van der Waals surface area contributed by atoms with Crippen LogP contribution < -0.4 is 9.64 Å². The van der Waals surface area contributed by atoms with E-state index in [0.717, 1.165) is 38.0 Å². The summed E-state index contributed by atoms with van der Waals surface area (Å²) in [6.07, 6.45) is 8.34. The number of ether oxygens (including phenoxy) is 1. The molecule has 0 N–H and O–H groups in total. The van der Waals surface area contributed by atoms with E-state index >= 15 is 0 Å². The van der Waals surface area contributed by atoms with Crippen LogP contribution in [0.15, 0.2) is 36.7 Å². The van der Waals surface area contributed by atoms with Crippen molar-refractivity contribution in [3.63, 3.8) is 0 Å². The second-order valence-corrected chi connectivity index (χ2v) is 7.76. The number of fused-ring (bicyclic) bond motifs is 1. The van der Waals surface area contributed by atoms with Crippen molar-refractivity contribution in [3.8, 4) is 5.88 Å². The third-order valence-corrected chi connectivity index (χ3v) is 6.20. The number of rotatable bonds is 4. The first-order chi connectivity index (χ1) is 13.7. The zero-order valence-corrected chi connectivity index (χ0v) is 16.0. The van der Waals surface area contributed by atoms with Crippen molar-refractivity contribution in [1.29, 1.82) is 0 Å². The van der Waals surface area contributed by atoms with Crippen molar-refractivity contribution in [2.45, 2.75) is 19.3 Å². The van der Waals surface area contributed by atoms with Gasteiger partial charge in [0.15, 0.2) is 0 Å². The molecule has 1 spiro atoms. The van der Waals surface area contributed by atoms with E-state index in [-0.39, 0.29) is 11.3 Å². The fourth-order valence-corrected chi connectivity index (χ4v) is 4.64. The smallest absolute Gasteiger partial charge is 0.231 e. The van der Waals surface area contributed by atoms with E-state index in [9.17, 15) is 4.79 Å². The topological polar surface area (TPSA) is 71.5 Å². The lowest BCUT2D eigenvalue weighted by atomic mass is 9.85. The van der Waals surface area contributed by atoms with Crippen LogP contribution in [-0.4, -0.2) is 59.0 Å². The maximum absolute atomic E-state index is 13.3. The van der Waals surface area contributed by atoms with E-state index in [2.05, 4.69) is 32.0 Å². The lowest BCUT2D eigenvalue weighted by Crippen LogP contribution is -2.37. The summed E-state index contributed by atoms with van der Waals surface area (Å²) in [6, 6.07) is 5.81. The van der Waals surface area contributed by atoms with Crippen LogP contribution >= 0.6 is 0 Å². The largest absolute Gasteiger partial charge is 0.481 e. The molecule has 5 rings (SSSR count). The van der Waals surface area contributed by atoms with Gasteiger partial charge in [-0.05, 0) is 24.5 Å². The quantitative estimate of drug-likeness (QED) is 0.811. The number of aromatic nitrogens is 3. The molecule has 0 bridgehead atoms. The minimum atomic E-state index is -0.316. The fraction of sp³-hybridized carbons (Fsp3) is 0.429. The number of hydrogen-bond acceptors (Lipinski definition) is 6. The number of likely N-dealkylation sites (tertiary alicyclic amines) is 1. The van der Waals surface area contributed by atoms with Crippen molar-refractivity contribution in [2.24, 2.45) is 5.41 Å². The molecule has 1 amide bonds. The second kappa shape index (κ2) is 6.58. The summed E-state index contributed by atoms with van der Waals surface area (Å²) in [6.45, 7) is 2.95. The van der Waals surface area contributed by atoms with Gasteiger partial charge in [-0.25, -0.2) is 4.98 Å². The Kier molecular flexibility index (Phi) is 4.03.